The van der Waals surface area contributed by atoms with Crippen LogP contribution in [0.4, 0.5) is 17.1 Å². The van der Waals surface area contributed by atoms with E-state index in [0.29, 0.717) is 0 Å². The van der Waals surface area contributed by atoms with Gasteiger partial charge in [0.1, 0.15) is 0 Å². The van der Waals surface area contributed by atoms with Gasteiger partial charge in [-0.25, -0.2) is 0 Å². The van der Waals surface area contributed by atoms with Crippen LogP contribution in [0.3, 0.4) is 0 Å². The molecule has 6 aromatic carbocycles. The van der Waals surface area contributed by atoms with Gasteiger partial charge in [-0.05, 0) is 70.1 Å². The molecule has 0 aliphatic rings. The van der Waals surface area contributed by atoms with Crippen molar-refractivity contribution >= 4 is 39.4 Å². The second kappa shape index (κ2) is 9.73. The fourth-order valence-electron chi connectivity index (χ4n) is 4.80. The minimum Gasteiger partial charge on any atom is -0.310 e. The van der Waals surface area contributed by atoms with Crippen LogP contribution in [0.15, 0.2) is 146 Å². The Balaban J connectivity index is 1.50. The first-order chi connectivity index (χ1) is 17.8. The Labute approximate surface area is 216 Å². The Kier molecular flexibility index (Phi) is 5.99. The van der Waals surface area contributed by atoms with Gasteiger partial charge in [-0.15, -0.1) is 0 Å². The predicted octanol–water partition coefficient (Wildman–Crippen LogP) is 10.3. The summed E-state index contributed by atoms with van der Waals surface area (Å²) in [7, 11) is 0. The standard InChI is InChI=1S/C34H24ClN/c35-28-19-15-25(16-20-28)26-17-21-30(22-18-26)36(29-11-5-2-6-12-29)34-24-23-31(27-9-3-1-4-10-27)32-13-7-8-14-33(32)34/h1-24H. The molecule has 0 N–H and O–H groups in total. The Morgan fingerprint density at radius 2 is 0.917 bits per heavy atom. The SMILES string of the molecule is Clc1ccc(-c2ccc(N(c3ccccc3)c3ccc(-c4ccccc4)c4ccccc34)cc2)cc1. The van der Waals surface area contributed by atoms with E-state index in [4.69, 9.17) is 11.6 Å². The molecule has 0 unspecified atom stereocenters. The van der Waals surface area contributed by atoms with Gasteiger partial charge in [-0.1, -0.05) is 115 Å². The molecule has 0 amide bonds. The van der Waals surface area contributed by atoms with E-state index in [9.17, 15) is 0 Å². The lowest BCUT2D eigenvalue weighted by Crippen LogP contribution is -2.10. The van der Waals surface area contributed by atoms with Crippen molar-refractivity contribution in [2.45, 2.75) is 0 Å². The maximum Gasteiger partial charge on any atom is 0.0540 e. The van der Waals surface area contributed by atoms with Crippen molar-refractivity contribution in [3.05, 3.63) is 151 Å². The summed E-state index contributed by atoms with van der Waals surface area (Å²) in [6, 6.07) is 51.0. The molecule has 36 heavy (non-hydrogen) atoms. The lowest BCUT2D eigenvalue weighted by atomic mass is 9.96. The highest BCUT2D eigenvalue weighted by molar-refractivity contribution is 6.30. The second-order valence-corrected chi connectivity index (χ2v) is 9.21. The lowest BCUT2D eigenvalue weighted by Gasteiger charge is -2.27. The molecule has 0 atom stereocenters. The van der Waals surface area contributed by atoms with Crippen molar-refractivity contribution in [3.63, 3.8) is 0 Å². The molecule has 0 fully saturated rings. The van der Waals surface area contributed by atoms with E-state index < -0.39 is 0 Å². The van der Waals surface area contributed by atoms with Crippen molar-refractivity contribution in [1.29, 1.82) is 0 Å². The van der Waals surface area contributed by atoms with E-state index in [0.717, 1.165) is 33.2 Å². The van der Waals surface area contributed by atoms with Crippen molar-refractivity contribution in [2.75, 3.05) is 4.90 Å². The summed E-state index contributed by atoms with van der Waals surface area (Å²) in [5, 5.41) is 3.20. The average molecular weight is 482 g/mol. The van der Waals surface area contributed by atoms with Crippen LogP contribution >= 0.6 is 11.6 Å². The van der Waals surface area contributed by atoms with Gasteiger partial charge in [0.05, 0.1) is 5.69 Å². The number of rotatable bonds is 5. The zero-order chi connectivity index (χ0) is 24.3. The summed E-state index contributed by atoms with van der Waals surface area (Å²) < 4.78 is 0. The number of para-hydroxylation sites is 1. The Hall–Kier alpha value is -4.33. The van der Waals surface area contributed by atoms with Crippen LogP contribution < -0.4 is 4.90 Å². The summed E-state index contributed by atoms with van der Waals surface area (Å²) in [6.45, 7) is 0. The van der Waals surface area contributed by atoms with Crippen molar-refractivity contribution in [2.24, 2.45) is 0 Å². The van der Waals surface area contributed by atoms with E-state index in [1.54, 1.807) is 0 Å². The molecule has 0 saturated heterocycles. The average Bonchev–Trinajstić information content (AvgIpc) is 2.95. The van der Waals surface area contributed by atoms with Crippen LogP contribution in [0, 0.1) is 0 Å². The van der Waals surface area contributed by atoms with E-state index in [1.165, 1.54) is 21.9 Å². The Morgan fingerprint density at radius 1 is 0.389 bits per heavy atom. The van der Waals surface area contributed by atoms with Crippen molar-refractivity contribution in [1.82, 2.24) is 0 Å². The fourth-order valence-corrected chi connectivity index (χ4v) is 4.92. The van der Waals surface area contributed by atoms with Gasteiger partial charge in [0.15, 0.2) is 0 Å². The van der Waals surface area contributed by atoms with Gasteiger partial charge in [0, 0.05) is 21.8 Å². The molecule has 6 rings (SSSR count). The molecule has 0 aliphatic heterocycles. The van der Waals surface area contributed by atoms with Gasteiger partial charge in [0.25, 0.3) is 0 Å². The number of nitrogens with zero attached hydrogens (tertiary/aromatic N) is 1. The van der Waals surface area contributed by atoms with Gasteiger partial charge >= 0.3 is 0 Å². The number of hydrogen-bond acceptors (Lipinski definition) is 1. The largest absolute Gasteiger partial charge is 0.310 e. The highest BCUT2D eigenvalue weighted by Crippen LogP contribution is 2.42. The van der Waals surface area contributed by atoms with Crippen molar-refractivity contribution < 1.29 is 0 Å². The molecule has 1 nitrogen and oxygen atoms in total. The summed E-state index contributed by atoms with van der Waals surface area (Å²) in [6.07, 6.45) is 0. The van der Waals surface area contributed by atoms with Crippen LogP contribution in [0.5, 0.6) is 0 Å². The Bertz CT molecular complexity index is 1610. The number of fused-ring (bicyclic) bond motifs is 1. The number of halogens is 1. The van der Waals surface area contributed by atoms with E-state index in [-0.39, 0.29) is 0 Å². The molecular formula is C34H24ClN. The van der Waals surface area contributed by atoms with E-state index in [2.05, 4.69) is 138 Å². The zero-order valence-electron chi connectivity index (χ0n) is 19.7. The topological polar surface area (TPSA) is 3.24 Å². The molecule has 0 aliphatic carbocycles. The summed E-state index contributed by atoms with van der Waals surface area (Å²) >= 11 is 6.09. The molecule has 0 aromatic heterocycles. The first-order valence-electron chi connectivity index (χ1n) is 12.1. The van der Waals surface area contributed by atoms with Crippen LogP contribution in [-0.4, -0.2) is 0 Å². The predicted molar refractivity (Wildman–Crippen MR) is 155 cm³/mol. The third-order valence-electron chi connectivity index (χ3n) is 6.54. The molecular weight excluding hydrogens is 458 g/mol. The van der Waals surface area contributed by atoms with Gasteiger partial charge < -0.3 is 4.90 Å². The molecule has 0 bridgehead atoms. The normalized spacial score (nSPS) is 10.9. The third-order valence-corrected chi connectivity index (χ3v) is 6.80. The third kappa shape index (κ3) is 4.26. The van der Waals surface area contributed by atoms with Gasteiger partial charge in [-0.3, -0.25) is 0 Å². The lowest BCUT2D eigenvalue weighted by molar-refractivity contribution is 1.30. The highest BCUT2D eigenvalue weighted by Gasteiger charge is 2.17. The molecule has 6 aromatic rings. The zero-order valence-corrected chi connectivity index (χ0v) is 20.4. The quantitative estimate of drug-likeness (QED) is 0.236. The molecule has 2 heteroatoms. The fraction of sp³-hybridized carbons (Fsp3) is 0. The van der Waals surface area contributed by atoms with E-state index >= 15 is 0 Å². The van der Waals surface area contributed by atoms with Crippen LogP contribution in [0.25, 0.3) is 33.0 Å². The first-order valence-corrected chi connectivity index (χ1v) is 12.4. The Morgan fingerprint density at radius 3 is 1.58 bits per heavy atom. The minimum absolute atomic E-state index is 0.747. The maximum absolute atomic E-state index is 6.09. The molecule has 0 spiro atoms. The van der Waals surface area contributed by atoms with Crippen molar-refractivity contribution in [3.8, 4) is 22.3 Å². The number of hydrogen-bond donors (Lipinski definition) is 0. The van der Waals surface area contributed by atoms with E-state index in [1.807, 2.05) is 12.1 Å². The van der Waals surface area contributed by atoms with Crippen LogP contribution in [-0.2, 0) is 0 Å². The molecule has 172 valence electrons. The highest BCUT2D eigenvalue weighted by atomic mass is 35.5. The minimum atomic E-state index is 0.747. The van der Waals surface area contributed by atoms with Crippen LogP contribution in [0.2, 0.25) is 5.02 Å². The molecule has 0 radical (unpaired) electrons. The number of benzene rings is 6. The number of anilines is 3. The maximum atomic E-state index is 6.09. The first kappa shape index (κ1) is 22.2. The van der Waals surface area contributed by atoms with Crippen LogP contribution in [0.1, 0.15) is 0 Å². The second-order valence-electron chi connectivity index (χ2n) is 8.77. The summed E-state index contributed by atoms with van der Waals surface area (Å²) in [5.74, 6) is 0. The molecule has 0 saturated carbocycles. The van der Waals surface area contributed by atoms with Gasteiger partial charge in [-0.2, -0.15) is 0 Å². The summed E-state index contributed by atoms with van der Waals surface area (Å²) in [5.41, 5.74) is 8.14. The summed E-state index contributed by atoms with van der Waals surface area (Å²) in [4.78, 5) is 2.34. The monoisotopic (exact) mass is 481 g/mol. The van der Waals surface area contributed by atoms with Gasteiger partial charge in [0.2, 0.25) is 0 Å². The molecule has 0 heterocycles. The smallest absolute Gasteiger partial charge is 0.0540 e.